The molecule has 0 aliphatic carbocycles. The van der Waals surface area contributed by atoms with E-state index >= 15 is 0 Å². The van der Waals surface area contributed by atoms with Crippen molar-refractivity contribution < 1.29 is 18.9 Å². The molecular formula is C21H31NO4Si. The van der Waals surface area contributed by atoms with Gasteiger partial charge in [0.05, 0.1) is 11.4 Å². The lowest BCUT2D eigenvalue weighted by Gasteiger charge is -2.38. The molecule has 0 atom stereocenters. The molecule has 0 N–H and O–H groups in total. The van der Waals surface area contributed by atoms with Crippen LogP contribution in [-0.2, 0) is 9.47 Å². The van der Waals surface area contributed by atoms with E-state index in [4.69, 9.17) is 18.9 Å². The summed E-state index contributed by atoms with van der Waals surface area (Å²) in [6.07, 6.45) is 0. The van der Waals surface area contributed by atoms with Crippen molar-refractivity contribution in [3.8, 4) is 11.5 Å². The summed E-state index contributed by atoms with van der Waals surface area (Å²) in [4.78, 5) is 0. The van der Waals surface area contributed by atoms with Crippen LogP contribution in [0, 0.1) is 13.8 Å². The van der Waals surface area contributed by atoms with Gasteiger partial charge in [-0.1, -0.05) is 31.8 Å². The van der Waals surface area contributed by atoms with Gasteiger partial charge in [0.15, 0.2) is 21.8 Å². The fourth-order valence-electron chi connectivity index (χ4n) is 2.95. The minimum absolute atomic E-state index is 0.205. The summed E-state index contributed by atoms with van der Waals surface area (Å²) in [5.41, 5.74) is 4.40. The van der Waals surface area contributed by atoms with Gasteiger partial charge in [-0.15, -0.1) is 0 Å². The molecule has 2 aromatic rings. The molecule has 0 unspecified atom stereocenters. The molecule has 0 aromatic heterocycles. The first-order valence-electron chi connectivity index (χ1n) is 9.03. The van der Waals surface area contributed by atoms with Crippen LogP contribution in [0.15, 0.2) is 36.4 Å². The quantitative estimate of drug-likeness (QED) is 0.433. The lowest BCUT2D eigenvalue weighted by Crippen LogP contribution is -2.43. The Hall–Kier alpha value is -2.02. The highest BCUT2D eigenvalue weighted by atomic mass is 28.3. The molecule has 0 amide bonds. The molecule has 5 nitrogen and oxygen atoms in total. The number of methoxy groups -OCH3 is 2. The molecule has 0 fully saturated rings. The molecule has 0 saturated heterocycles. The summed E-state index contributed by atoms with van der Waals surface area (Å²) in [6.45, 7) is 11.5. The lowest BCUT2D eigenvalue weighted by atomic mass is 10.1. The zero-order chi connectivity index (χ0) is 20.0. The zero-order valence-corrected chi connectivity index (χ0v) is 18.5. The van der Waals surface area contributed by atoms with E-state index in [-0.39, 0.29) is 13.6 Å². The van der Waals surface area contributed by atoms with Crippen LogP contribution in [0.1, 0.15) is 11.1 Å². The van der Waals surface area contributed by atoms with Crippen molar-refractivity contribution in [2.24, 2.45) is 0 Å². The van der Waals surface area contributed by atoms with Crippen molar-refractivity contribution in [2.45, 2.75) is 33.5 Å². The number of hydrogen-bond donors (Lipinski definition) is 0. The van der Waals surface area contributed by atoms with Gasteiger partial charge in [0.2, 0.25) is 0 Å². The number of aryl methyl sites for hydroxylation is 2. The predicted octanol–water partition coefficient (Wildman–Crippen LogP) is 5.24. The van der Waals surface area contributed by atoms with Crippen LogP contribution in [0.2, 0.25) is 19.6 Å². The summed E-state index contributed by atoms with van der Waals surface area (Å²) in [5, 5.41) is 0. The SMILES string of the molecule is COCOc1ccc(C)cc1N(c1cc(C)ccc1OCOC)[Si](C)(C)C. The van der Waals surface area contributed by atoms with Gasteiger partial charge in [-0.2, -0.15) is 0 Å². The largest absolute Gasteiger partial charge is 0.465 e. The first-order chi connectivity index (χ1) is 12.8. The Kier molecular flexibility index (Phi) is 7.30. The Morgan fingerprint density at radius 3 is 1.48 bits per heavy atom. The zero-order valence-electron chi connectivity index (χ0n) is 17.5. The number of hydrogen-bond acceptors (Lipinski definition) is 5. The second-order valence-electron chi connectivity index (χ2n) is 7.55. The maximum atomic E-state index is 5.88. The van der Waals surface area contributed by atoms with Gasteiger partial charge in [-0.25, -0.2) is 0 Å². The Morgan fingerprint density at radius 2 is 1.15 bits per heavy atom. The molecule has 27 heavy (non-hydrogen) atoms. The van der Waals surface area contributed by atoms with Crippen molar-refractivity contribution in [1.29, 1.82) is 0 Å². The van der Waals surface area contributed by atoms with E-state index in [2.05, 4.69) is 62.3 Å². The third-order valence-electron chi connectivity index (χ3n) is 4.05. The minimum atomic E-state index is -1.86. The summed E-state index contributed by atoms with van der Waals surface area (Å²) in [5.74, 6) is 1.59. The van der Waals surface area contributed by atoms with E-state index in [1.807, 2.05) is 12.1 Å². The summed E-state index contributed by atoms with van der Waals surface area (Å²) >= 11 is 0. The predicted molar refractivity (Wildman–Crippen MR) is 113 cm³/mol. The smallest absolute Gasteiger partial charge is 0.188 e. The average Bonchev–Trinajstić information content (AvgIpc) is 2.59. The van der Waals surface area contributed by atoms with E-state index in [1.54, 1.807) is 14.2 Å². The van der Waals surface area contributed by atoms with Crippen LogP contribution < -0.4 is 14.0 Å². The minimum Gasteiger partial charge on any atom is -0.465 e. The second-order valence-corrected chi connectivity index (χ2v) is 12.3. The van der Waals surface area contributed by atoms with Crippen molar-refractivity contribution in [3.05, 3.63) is 47.5 Å². The summed E-state index contributed by atoms with van der Waals surface area (Å²) < 4.78 is 24.4. The normalized spacial score (nSPS) is 11.4. The molecule has 0 spiro atoms. The van der Waals surface area contributed by atoms with Crippen LogP contribution in [0.4, 0.5) is 11.4 Å². The number of rotatable bonds is 9. The molecule has 0 aliphatic heterocycles. The molecule has 6 heteroatoms. The Bertz CT molecular complexity index is 701. The number of ether oxygens (including phenoxy) is 4. The van der Waals surface area contributed by atoms with Crippen molar-refractivity contribution >= 4 is 19.6 Å². The van der Waals surface area contributed by atoms with E-state index in [0.717, 1.165) is 22.9 Å². The summed E-state index contributed by atoms with van der Waals surface area (Å²) in [7, 11) is 1.39. The highest BCUT2D eigenvalue weighted by Gasteiger charge is 2.30. The molecule has 0 saturated carbocycles. The van der Waals surface area contributed by atoms with Gasteiger partial charge in [0.25, 0.3) is 0 Å². The molecule has 0 radical (unpaired) electrons. The molecule has 0 heterocycles. The molecule has 0 aliphatic rings. The molecule has 2 aromatic carbocycles. The van der Waals surface area contributed by atoms with Crippen LogP contribution >= 0.6 is 0 Å². The Balaban J connectivity index is 2.65. The summed E-state index contributed by atoms with van der Waals surface area (Å²) in [6, 6.07) is 12.4. The van der Waals surface area contributed by atoms with Gasteiger partial charge in [0.1, 0.15) is 11.5 Å². The second kappa shape index (κ2) is 9.26. The maximum Gasteiger partial charge on any atom is 0.188 e. The topological polar surface area (TPSA) is 40.2 Å². The monoisotopic (exact) mass is 389 g/mol. The first kappa shape index (κ1) is 21.3. The molecular weight excluding hydrogens is 358 g/mol. The first-order valence-corrected chi connectivity index (χ1v) is 12.5. The number of nitrogens with zero attached hydrogens (tertiary/aromatic N) is 1. The standard InChI is InChI=1S/C21H31NO4Si/c1-16-8-10-20(25-14-23-3)18(12-16)22(27(5,6)7)19-13-17(2)9-11-21(19)26-15-24-4/h8-13H,14-15H2,1-7H3. The van der Waals surface area contributed by atoms with Crippen LogP contribution in [0.25, 0.3) is 0 Å². The van der Waals surface area contributed by atoms with Crippen LogP contribution in [0.5, 0.6) is 11.5 Å². The third kappa shape index (κ3) is 5.48. The van der Waals surface area contributed by atoms with Gasteiger partial charge in [0, 0.05) is 14.2 Å². The lowest BCUT2D eigenvalue weighted by molar-refractivity contribution is 0.0511. The molecule has 0 bridgehead atoms. The van der Waals surface area contributed by atoms with Crippen molar-refractivity contribution in [2.75, 3.05) is 32.4 Å². The van der Waals surface area contributed by atoms with Gasteiger partial charge in [-0.3, -0.25) is 0 Å². The van der Waals surface area contributed by atoms with Crippen LogP contribution in [-0.4, -0.2) is 36.0 Å². The van der Waals surface area contributed by atoms with Gasteiger partial charge >= 0.3 is 0 Å². The van der Waals surface area contributed by atoms with E-state index in [9.17, 15) is 0 Å². The molecule has 2 rings (SSSR count). The van der Waals surface area contributed by atoms with E-state index < -0.39 is 8.24 Å². The highest BCUT2D eigenvalue weighted by Crippen LogP contribution is 2.43. The van der Waals surface area contributed by atoms with E-state index in [1.165, 1.54) is 11.1 Å². The average molecular weight is 390 g/mol. The third-order valence-corrected chi connectivity index (χ3v) is 5.87. The van der Waals surface area contributed by atoms with Crippen LogP contribution in [0.3, 0.4) is 0 Å². The van der Waals surface area contributed by atoms with Gasteiger partial charge in [-0.05, 0) is 49.2 Å². The number of anilines is 2. The Morgan fingerprint density at radius 1 is 0.741 bits per heavy atom. The van der Waals surface area contributed by atoms with Gasteiger partial charge < -0.3 is 23.5 Å². The van der Waals surface area contributed by atoms with Crippen molar-refractivity contribution in [1.82, 2.24) is 0 Å². The Labute approximate surface area is 163 Å². The fraction of sp³-hybridized carbons (Fsp3) is 0.429. The van der Waals surface area contributed by atoms with E-state index in [0.29, 0.717) is 0 Å². The molecule has 148 valence electrons. The van der Waals surface area contributed by atoms with Crippen molar-refractivity contribution in [3.63, 3.8) is 0 Å². The highest BCUT2D eigenvalue weighted by molar-refractivity contribution is 6.81. The fourth-order valence-corrected chi connectivity index (χ4v) is 4.74. The number of benzene rings is 2. The maximum absolute atomic E-state index is 5.88.